The Bertz CT molecular complexity index is 1290. The van der Waals surface area contributed by atoms with E-state index in [1.807, 2.05) is 59.5 Å². The number of carbonyl (C=O) groups is 1. The van der Waals surface area contributed by atoms with Gasteiger partial charge in [-0.15, -0.1) is 0 Å². The summed E-state index contributed by atoms with van der Waals surface area (Å²) in [6.45, 7) is 2.19. The van der Waals surface area contributed by atoms with Crippen LogP contribution in [0.25, 0.3) is 0 Å². The van der Waals surface area contributed by atoms with Gasteiger partial charge in [-0.1, -0.05) is 58.4 Å². The first-order valence-corrected chi connectivity index (χ1v) is 13.7. The minimum Gasteiger partial charge on any atom is -0.489 e. The Kier molecular flexibility index (Phi) is 8.87. The van der Waals surface area contributed by atoms with Gasteiger partial charge in [-0.3, -0.25) is 9.69 Å². The van der Waals surface area contributed by atoms with Gasteiger partial charge in [-0.2, -0.15) is 9.41 Å². The molecule has 0 bridgehead atoms. The maximum atomic E-state index is 12.8. The van der Waals surface area contributed by atoms with Gasteiger partial charge < -0.3 is 4.74 Å². The summed E-state index contributed by atoms with van der Waals surface area (Å²) in [5.74, 6) is 0.456. The molecule has 1 amide bonds. The van der Waals surface area contributed by atoms with Crippen molar-refractivity contribution in [3.8, 4) is 5.75 Å². The van der Waals surface area contributed by atoms with Gasteiger partial charge in [0.2, 0.25) is 10.0 Å². The van der Waals surface area contributed by atoms with Gasteiger partial charge in [0, 0.05) is 30.7 Å². The molecule has 3 aromatic carbocycles. The van der Waals surface area contributed by atoms with Crippen LogP contribution in [0.3, 0.4) is 0 Å². The fraction of sp³-hybridized carbons (Fsp3) is 0.231. The summed E-state index contributed by atoms with van der Waals surface area (Å²) in [6, 6.07) is 24.0. The highest BCUT2D eigenvalue weighted by Gasteiger charge is 2.28. The van der Waals surface area contributed by atoms with Crippen LogP contribution < -0.4 is 10.2 Å². The molecule has 3 aromatic rings. The number of carbonyl (C=O) groups excluding carboxylic acids is 1. The lowest BCUT2D eigenvalue weighted by atomic mass is 10.2. The molecule has 1 aliphatic heterocycles. The summed E-state index contributed by atoms with van der Waals surface area (Å²) in [5, 5.41) is 4.05. The number of nitrogens with zero attached hydrogens (tertiary/aromatic N) is 3. The number of ether oxygens (including phenoxy) is 1. The fourth-order valence-corrected chi connectivity index (χ4v) is 5.41. The SMILES string of the molecule is O=C(CN1CCN(S(=O)(=O)c2ccc(Br)cc2)CC1)N/N=C\c1cccc(OCc2ccccc2)c1. The van der Waals surface area contributed by atoms with Crippen molar-refractivity contribution in [3.63, 3.8) is 0 Å². The second kappa shape index (κ2) is 12.3. The number of hydrazone groups is 1. The van der Waals surface area contributed by atoms with Gasteiger partial charge in [0.05, 0.1) is 17.7 Å². The molecule has 0 radical (unpaired) electrons. The van der Waals surface area contributed by atoms with E-state index in [0.29, 0.717) is 38.5 Å². The van der Waals surface area contributed by atoms with Crippen LogP contribution in [-0.2, 0) is 21.4 Å². The van der Waals surface area contributed by atoms with Crippen LogP contribution in [-0.4, -0.2) is 62.5 Å². The lowest BCUT2D eigenvalue weighted by molar-refractivity contribution is -0.122. The lowest BCUT2D eigenvalue weighted by Crippen LogP contribution is -2.50. The van der Waals surface area contributed by atoms with Crippen molar-refractivity contribution in [3.05, 3.63) is 94.5 Å². The summed E-state index contributed by atoms with van der Waals surface area (Å²) >= 11 is 3.32. The Morgan fingerprint density at radius 3 is 2.42 bits per heavy atom. The van der Waals surface area contributed by atoms with Crippen LogP contribution in [0.5, 0.6) is 5.75 Å². The standard InChI is InChI=1S/C26H27BrN4O4S/c27-23-9-11-25(12-10-23)36(33,34)31-15-13-30(14-16-31)19-26(32)29-28-18-22-7-4-8-24(17-22)35-20-21-5-2-1-3-6-21/h1-12,17-18H,13-16,19-20H2,(H,29,32)/b28-18-. The molecule has 1 heterocycles. The van der Waals surface area contributed by atoms with Gasteiger partial charge in [0.1, 0.15) is 12.4 Å². The molecule has 1 saturated heterocycles. The Hall–Kier alpha value is -3.05. The van der Waals surface area contributed by atoms with E-state index in [4.69, 9.17) is 4.74 Å². The van der Waals surface area contributed by atoms with Crippen LogP contribution in [0.2, 0.25) is 0 Å². The third-order valence-electron chi connectivity index (χ3n) is 5.66. The second-order valence-corrected chi connectivity index (χ2v) is 11.1. The molecule has 0 atom stereocenters. The normalized spacial score (nSPS) is 15.1. The number of benzene rings is 3. The van der Waals surface area contributed by atoms with E-state index in [-0.39, 0.29) is 17.3 Å². The molecule has 1 fully saturated rings. The molecule has 1 aliphatic rings. The number of nitrogens with one attached hydrogen (secondary N) is 1. The van der Waals surface area contributed by atoms with Crippen molar-refractivity contribution in [1.82, 2.24) is 14.6 Å². The Labute approximate surface area is 219 Å². The van der Waals surface area contributed by atoms with Crippen molar-refractivity contribution in [1.29, 1.82) is 0 Å². The average molecular weight is 571 g/mol. The second-order valence-electron chi connectivity index (χ2n) is 8.27. The molecule has 0 saturated carbocycles. The zero-order valence-corrected chi connectivity index (χ0v) is 22.0. The Balaban J connectivity index is 1.22. The van der Waals surface area contributed by atoms with Crippen LogP contribution in [0.15, 0.2) is 93.3 Å². The molecule has 0 unspecified atom stereocenters. The minimum atomic E-state index is -3.55. The van der Waals surface area contributed by atoms with E-state index >= 15 is 0 Å². The zero-order valence-electron chi connectivity index (χ0n) is 19.6. The molecule has 10 heteroatoms. The summed E-state index contributed by atoms with van der Waals surface area (Å²) in [4.78, 5) is 14.5. The van der Waals surface area contributed by atoms with E-state index in [1.165, 1.54) is 4.31 Å². The van der Waals surface area contributed by atoms with Gasteiger partial charge in [0.15, 0.2) is 0 Å². The number of rotatable bonds is 9. The summed E-state index contributed by atoms with van der Waals surface area (Å²) in [5.41, 5.74) is 4.42. The minimum absolute atomic E-state index is 0.143. The first-order valence-electron chi connectivity index (χ1n) is 11.5. The molecular formula is C26H27BrN4O4S. The van der Waals surface area contributed by atoms with E-state index in [9.17, 15) is 13.2 Å². The number of sulfonamides is 1. The Morgan fingerprint density at radius 2 is 1.69 bits per heavy atom. The van der Waals surface area contributed by atoms with Crippen LogP contribution in [0.1, 0.15) is 11.1 Å². The highest BCUT2D eigenvalue weighted by Crippen LogP contribution is 2.20. The van der Waals surface area contributed by atoms with Crippen molar-refractivity contribution < 1.29 is 17.9 Å². The van der Waals surface area contributed by atoms with Crippen LogP contribution >= 0.6 is 15.9 Å². The van der Waals surface area contributed by atoms with E-state index in [0.717, 1.165) is 15.6 Å². The molecule has 1 N–H and O–H groups in total. The van der Waals surface area contributed by atoms with E-state index in [1.54, 1.807) is 30.5 Å². The largest absolute Gasteiger partial charge is 0.489 e. The Morgan fingerprint density at radius 1 is 0.972 bits per heavy atom. The van der Waals surface area contributed by atoms with Crippen molar-refractivity contribution in [2.75, 3.05) is 32.7 Å². The lowest BCUT2D eigenvalue weighted by Gasteiger charge is -2.33. The van der Waals surface area contributed by atoms with Crippen molar-refractivity contribution >= 4 is 38.1 Å². The number of amides is 1. The zero-order chi connectivity index (χ0) is 25.4. The smallest absolute Gasteiger partial charge is 0.254 e. The average Bonchev–Trinajstić information content (AvgIpc) is 2.89. The van der Waals surface area contributed by atoms with Crippen LogP contribution in [0, 0.1) is 0 Å². The molecule has 8 nitrogen and oxygen atoms in total. The third kappa shape index (κ3) is 7.23. The summed E-state index contributed by atoms with van der Waals surface area (Å²) < 4.78 is 33.8. The quantitative estimate of drug-likeness (QED) is 0.314. The molecule has 4 rings (SSSR count). The van der Waals surface area contributed by atoms with E-state index in [2.05, 4.69) is 26.5 Å². The predicted octanol–water partition coefficient (Wildman–Crippen LogP) is 3.48. The predicted molar refractivity (Wildman–Crippen MR) is 142 cm³/mol. The summed E-state index contributed by atoms with van der Waals surface area (Å²) in [6.07, 6.45) is 1.57. The first kappa shape index (κ1) is 26.0. The number of halogens is 1. The van der Waals surface area contributed by atoms with Gasteiger partial charge in [-0.25, -0.2) is 13.8 Å². The highest BCUT2D eigenvalue weighted by atomic mass is 79.9. The molecule has 0 spiro atoms. The summed E-state index contributed by atoms with van der Waals surface area (Å²) in [7, 11) is -3.55. The molecular weight excluding hydrogens is 544 g/mol. The monoisotopic (exact) mass is 570 g/mol. The van der Waals surface area contributed by atoms with Gasteiger partial charge >= 0.3 is 0 Å². The van der Waals surface area contributed by atoms with Crippen molar-refractivity contribution in [2.45, 2.75) is 11.5 Å². The maximum Gasteiger partial charge on any atom is 0.254 e. The van der Waals surface area contributed by atoms with Gasteiger partial charge in [-0.05, 0) is 47.5 Å². The first-order chi connectivity index (χ1) is 17.4. The maximum absolute atomic E-state index is 12.8. The van der Waals surface area contributed by atoms with Crippen molar-refractivity contribution in [2.24, 2.45) is 5.10 Å². The van der Waals surface area contributed by atoms with Crippen LogP contribution in [0.4, 0.5) is 0 Å². The number of hydrogen-bond acceptors (Lipinski definition) is 6. The molecule has 188 valence electrons. The molecule has 36 heavy (non-hydrogen) atoms. The van der Waals surface area contributed by atoms with Gasteiger partial charge in [0.25, 0.3) is 5.91 Å². The van der Waals surface area contributed by atoms with E-state index < -0.39 is 10.0 Å². The number of hydrogen-bond donors (Lipinski definition) is 1. The highest BCUT2D eigenvalue weighted by molar-refractivity contribution is 9.10. The number of piperazine rings is 1. The molecule has 0 aromatic heterocycles. The fourth-order valence-electron chi connectivity index (χ4n) is 3.73. The molecule has 0 aliphatic carbocycles. The topological polar surface area (TPSA) is 91.3 Å². The third-order valence-corrected chi connectivity index (χ3v) is 8.10.